The molecule has 0 radical (unpaired) electrons. The Morgan fingerprint density at radius 1 is 1.35 bits per heavy atom. The van der Waals surface area contributed by atoms with Gasteiger partial charge in [-0.15, -0.1) is 0 Å². The third kappa shape index (κ3) is 4.17. The van der Waals surface area contributed by atoms with Crippen LogP contribution in [0.4, 0.5) is 5.69 Å². The lowest BCUT2D eigenvalue weighted by Crippen LogP contribution is -2.62. The van der Waals surface area contributed by atoms with Crippen molar-refractivity contribution in [1.29, 1.82) is 0 Å². The van der Waals surface area contributed by atoms with Gasteiger partial charge in [0.15, 0.2) is 0 Å². The van der Waals surface area contributed by atoms with Crippen molar-refractivity contribution in [2.75, 3.05) is 25.0 Å². The summed E-state index contributed by atoms with van der Waals surface area (Å²) in [6.07, 6.45) is 0.734. The van der Waals surface area contributed by atoms with Crippen molar-refractivity contribution in [3.05, 3.63) is 22.8 Å². The van der Waals surface area contributed by atoms with Crippen LogP contribution in [-0.4, -0.2) is 41.1 Å². The molecule has 0 atom stereocenters. The smallest absolute Gasteiger partial charge is 0.238 e. The van der Waals surface area contributed by atoms with Gasteiger partial charge in [-0.1, -0.05) is 6.92 Å². The number of anilines is 1. The molecule has 0 saturated carbocycles. The summed E-state index contributed by atoms with van der Waals surface area (Å²) in [6, 6.07) is 4.08. The van der Waals surface area contributed by atoms with Crippen LogP contribution < -0.4 is 5.32 Å². The van der Waals surface area contributed by atoms with Crippen LogP contribution in [-0.2, 0) is 4.79 Å². The van der Waals surface area contributed by atoms with Crippen molar-refractivity contribution in [1.82, 2.24) is 4.90 Å². The first kappa shape index (κ1) is 17.2. The molecule has 1 aromatic carbocycles. The van der Waals surface area contributed by atoms with Crippen LogP contribution in [0.25, 0.3) is 0 Å². The molecule has 1 aliphatic heterocycles. The number of benzene rings is 1. The fourth-order valence-corrected chi connectivity index (χ4v) is 6.02. The molecule has 20 heavy (non-hydrogen) atoms. The molecule has 1 saturated heterocycles. The van der Waals surface area contributed by atoms with E-state index in [1.807, 2.05) is 24.0 Å². The lowest BCUT2D eigenvalue weighted by atomic mass is 9.91. The Morgan fingerprint density at radius 3 is 2.40 bits per heavy atom. The lowest BCUT2D eigenvalue weighted by Gasteiger charge is -2.45. The molecule has 2 N–H and O–H groups in total. The van der Waals surface area contributed by atoms with Crippen LogP contribution in [0, 0.1) is 10.7 Å². The van der Waals surface area contributed by atoms with Gasteiger partial charge in [0.2, 0.25) is 5.91 Å². The van der Waals surface area contributed by atoms with Crippen molar-refractivity contribution in [2.45, 2.75) is 18.9 Å². The van der Waals surface area contributed by atoms with Gasteiger partial charge < -0.3 is 10.4 Å². The van der Waals surface area contributed by atoms with Crippen molar-refractivity contribution >= 4 is 79.4 Å². The molecule has 1 heterocycles. The average molecular weight is 612 g/mol. The van der Waals surface area contributed by atoms with Crippen LogP contribution in [0.15, 0.2) is 12.1 Å². The second-order valence-electron chi connectivity index (χ2n) is 5.02. The third-order valence-corrected chi connectivity index (χ3v) is 5.66. The highest BCUT2D eigenvalue weighted by molar-refractivity contribution is 14.1. The van der Waals surface area contributed by atoms with E-state index >= 15 is 0 Å². The van der Waals surface area contributed by atoms with Gasteiger partial charge in [-0.25, -0.2) is 0 Å². The number of carbonyl (C=O) groups excluding carboxylic acids is 1. The monoisotopic (exact) mass is 612 g/mol. The number of β-amino-alcohol motifs (C(OH)–C–C–N with tert-alkyl or cyclic N) is 1. The molecule has 4 nitrogen and oxygen atoms in total. The zero-order valence-electron chi connectivity index (χ0n) is 10.9. The standard InChI is InChI=1S/C13H15I3N2O2/c1-2-13(20)6-18(7-13)5-11(19)17-12-9(15)3-8(14)4-10(12)16/h3-4,20H,2,5-7H2,1H3,(H,17,19). The van der Waals surface area contributed by atoms with E-state index < -0.39 is 5.60 Å². The maximum Gasteiger partial charge on any atom is 0.238 e. The zero-order chi connectivity index (χ0) is 14.9. The van der Waals surface area contributed by atoms with Crippen molar-refractivity contribution < 1.29 is 9.90 Å². The second kappa shape index (κ2) is 6.92. The van der Waals surface area contributed by atoms with E-state index in [2.05, 4.69) is 73.1 Å². The number of halogens is 3. The summed E-state index contributed by atoms with van der Waals surface area (Å²) in [6.45, 7) is 3.46. The average Bonchev–Trinajstić information content (AvgIpc) is 2.31. The van der Waals surface area contributed by atoms with Crippen LogP contribution in [0.3, 0.4) is 0 Å². The number of nitrogens with one attached hydrogen (secondary N) is 1. The van der Waals surface area contributed by atoms with Crippen LogP contribution in [0.2, 0.25) is 0 Å². The molecular weight excluding hydrogens is 597 g/mol. The molecule has 2 rings (SSSR count). The minimum atomic E-state index is -0.591. The van der Waals surface area contributed by atoms with Gasteiger partial charge in [-0.3, -0.25) is 9.69 Å². The van der Waals surface area contributed by atoms with Crippen LogP contribution >= 0.6 is 67.8 Å². The topological polar surface area (TPSA) is 52.6 Å². The largest absolute Gasteiger partial charge is 0.387 e. The second-order valence-corrected chi connectivity index (χ2v) is 8.59. The molecule has 0 aromatic heterocycles. The Morgan fingerprint density at radius 2 is 1.90 bits per heavy atom. The maximum absolute atomic E-state index is 12.1. The first-order valence-electron chi connectivity index (χ1n) is 6.22. The SMILES string of the molecule is CCC1(O)CN(CC(=O)Nc2c(I)cc(I)cc2I)C1. The maximum atomic E-state index is 12.1. The van der Waals surface area contributed by atoms with Gasteiger partial charge in [-0.2, -0.15) is 0 Å². The van der Waals surface area contributed by atoms with Gasteiger partial charge in [-0.05, 0) is 86.3 Å². The van der Waals surface area contributed by atoms with E-state index in [9.17, 15) is 9.90 Å². The Labute approximate surface area is 159 Å². The summed E-state index contributed by atoms with van der Waals surface area (Å²) in [5.74, 6) is -0.0276. The van der Waals surface area contributed by atoms with Crippen LogP contribution in [0.5, 0.6) is 0 Å². The molecule has 1 amide bonds. The molecule has 7 heteroatoms. The van der Waals surface area contributed by atoms with E-state index in [4.69, 9.17) is 0 Å². The van der Waals surface area contributed by atoms with Gasteiger partial charge >= 0.3 is 0 Å². The van der Waals surface area contributed by atoms with Gasteiger partial charge in [0.05, 0.1) is 17.8 Å². The summed E-state index contributed by atoms with van der Waals surface area (Å²) in [5, 5.41) is 12.9. The molecule has 1 aromatic rings. The number of hydrogen-bond donors (Lipinski definition) is 2. The number of nitrogens with zero attached hydrogens (tertiary/aromatic N) is 1. The summed E-state index contributed by atoms with van der Waals surface area (Å²) in [7, 11) is 0. The van der Waals surface area contributed by atoms with Crippen molar-refractivity contribution in [2.24, 2.45) is 0 Å². The highest BCUT2D eigenvalue weighted by Gasteiger charge is 2.39. The molecule has 0 aliphatic carbocycles. The third-order valence-electron chi connectivity index (χ3n) is 3.33. The number of likely N-dealkylation sites (tertiary alicyclic amines) is 1. The van der Waals surface area contributed by atoms with E-state index in [0.717, 1.165) is 22.8 Å². The Balaban J connectivity index is 1.93. The summed E-state index contributed by atoms with van der Waals surface area (Å²) in [5.41, 5.74) is 0.286. The molecule has 0 unspecified atom stereocenters. The summed E-state index contributed by atoms with van der Waals surface area (Å²) >= 11 is 6.74. The van der Waals surface area contributed by atoms with Gasteiger partial charge in [0.25, 0.3) is 0 Å². The molecule has 1 aliphatic rings. The van der Waals surface area contributed by atoms with E-state index in [1.165, 1.54) is 0 Å². The van der Waals surface area contributed by atoms with E-state index in [-0.39, 0.29) is 5.91 Å². The molecule has 0 spiro atoms. The number of carbonyl (C=O) groups is 1. The number of rotatable bonds is 4. The summed E-state index contributed by atoms with van der Waals surface area (Å²) < 4.78 is 3.24. The van der Waals surface area contributed by atoms with Crippen molar-refractivity contribution in [3.63, 3.8) is 0 Å². The fraction of sp³-hybridized carbons (Fsp3) is 0.462. The van der Waals surface area contributed by atoms with Crippen molar-refractivity contribution in [3.8, 4) is 0 Å². The minimum absolute atomic E-state index is 0.0276. The Bertz CT molecular complexity index is 507. The molecule has 0 bridgehead atoms. The fourth-order valence-electron chi connectivity index (χ4n) is 2.17. The zero-order valence-corrected chi connectivity index (χ0v) is 17.4. The van der Waals surface area contributed by atoms with Gasteiger partial charge in [0.1, 0.15) is 0 Å². The highest BCUT2D eigenvalue weighted by atomic mass is 127. The number of hydrogen-bond acceptors (Lipinski definition) is 3. The molecular formula is C13H15I3N2O2. The molecule has 1 fully saturated rings. The summed E-state index contributed by atoms with van der Waals surface area (Å²) in [4.78, 5) is 14.0. The highest BCUT2D eigenvalue weighted by Crippen LogP contribution is 2.28. The Kier molecular flexibility index (Phi) is 5.94. The van der Waals surface area contributed by atoms with E-state index in [0.29, 0.717) is 19.6 Å². The first-order chi connectivity index (χ1) is 9.33. The van der Waals surface area contributed by atoms with E-state index in [1.54, 1.807) is 0 Å². The van der Waals surface area contributed by atoms with Crippen LogP contribution in [0.1, 0.15) is 13.3 Å². The quantitative estimate of drug-likeness (QED) is 0.515. The predicted molar refractivity (Wildman–Crippen MR) is 105 cm³/mol. The molecule has 110 valence electrons. The first-order valence-corrected chi connectivity index (χ1v) is 9.46. The Hall–Kier alpha value is 0.800. The lowest BCUT2D eigenvalue weighted by molar-refractivity contribution is -0.128. The predicted octanol–water partition coefficient (Wildman–Crippen LogP) is 2.90. The number of aliphatic hydroxyl groups is 1. The minimum Gasteiger partial charge on any atom is -0.387 e. The normalized spacial score (nSPS) is 17.6. The number of amides is 1. The van der Waals surface area contributed by atoms with Gasteiger partial charge in [0, 0.05) is 23.8 Å².